The van der Waals surface area contributed by atoms with E-state index < -0.39 is 18.2 Å². The minimum Gasteiger partial charge on any atom is -0.460 e. The molecule has 7 heteroatoms. The SMILES string of the molecule is CC=C(C)C(=O)NC1C(OC(C)=O)CC2(C)C3CCC4(C)C(CCC4C(C)N(C)C)C3CCC2C1OC(C)=O. The summed E-state index contributed by atoms with van der Waals surface area (Å²) in [5, 5.41) is 3.11. The van der Waals surface area contributed by atoms with E-state index in [4.69, 9.17) is 9.47 Å². The standard InChI is InChI=1S/C32H52N2O5/c1-10-18(2)30(37)33-28-27(38-20(4)35)17-32(7)25-15-16-31(6)23(19(3)34(8)9)13-14-24(31)22(25)11-12-26(32)29(28)39-21(5)36/h10,19,22-29H,11-17H2,1-9H3,(H,33,37). The number of carbonyl (C=O) groups is 3. The number of carbonyl (C=O) groups excluding carboxylic acids is 3. The fraction of sp³-hybridized carbons (Fsp3) is 0.844. The molecule has 0 aromatic heterocycles. The zero-order valence-corrected chi connectivity index (χ0v) is 25.7. The first kappa shape index (κ1) is 30.1. The highest BCUT2D eigenvalue weighted by atomic mass is 16.6. The maximum absolute atomic E-state index is 13.0. The van der Waals surface area contributed by atoms with E-state index in [1.165, 1.54) is 33.1 Å². The van der Waals surface area contributed by atoms with E-state index in [2.05, 4.69) is 45.1 Å². The lowest BCUT2D eigenvalue weighted by Crippen LogP contribution is -2.67. The Balaban J connectivity index is 1.68. The molecule has 4 aliphatic carbocycles. The van der Waals surface area contributed by atoms with Gasteiger partial charge < -0.3 is 19.7 Å². The molecule has 0 heterocycles. The van der Waals surface area contributed by atoms with Crippen LogP contribution in [-0.2, 0) is 23.9 Å². The summed E-state index contributed by atoms with van der Waals surface area (Å²) < 4.78 is 12.0. The molecule has 0 spiro atoms. The number of nitrogens with zero attached hydrogens (tertiary/aromatic N) is 1. The minimum absolute atomic E-state index is 0.105. The monoisotopic (exact) mass is 544 g/mol. The van der Waals surface area contributed by atoms with Gasteiger partial charge in [0, 0.05) is 31.4 Å². The summed E-state index contributed by atoms with van der Waals surface area (Å²) in [5.41, 5.74) is 0.782. The number of allylic oxidation sites excluding steroid dienone is 1. The molecule has 0 aliphatic heterocycles. The van der Waals surface area contributed by atoms with Crippen molar-refractivity contribution in [2.24, 2.45) is 40.4 Å². The fourth-order valence-electron chi connectivity index (χ4n) is 9.79. The largest absolute Gasteiger partial charge is 0.460 e. The van der Waals surface area contributed by atoms with Crippen LogP contribution in [0.2, 0.25) is 0 Å². The van der Waals surface area contributed by atoms with Crippen LogP contribution in [-0.4, -0.2) is 61.1 Å². The fourth-order valence-corrected chi connectivity index (χ4v) is 9.79. The number of hydrogen-bond donors (Lipinski definition) is 1. The number of rotatable bonds is 6. The molecule has 4 aliphatic rings. The summed E-state index contributed by atoms with van der Waals surface area (Å²) in [7, 11) is 4.41. The third kappa shape index (κ3) is 5.29. The highest BCUT2D eigenvalue weighted by Crippen LogP contribution is 2.68. The van der Waals surface area contributed by atoms with Crippen molar-refractivity contribution in [1.29, 1.82) is 0 Å². The Morgan fingerprint density at radius 2 is 1.51 bits per heavy atom. The van der Waals surface area contributed by atoms with Crippen LogP contribution in [0.25, 0.3) is 0 Å². The van der Waals surface area contributed by atoms with Gasteiger partial charge in [-0.25, -0.2) is 0 Å². The lowest BCUT2D eigenvalue weighted by Gasteiger charge is -2.63. The summed E-state index contributed by atoms with van der Waals surface area (Å²) in [5.74, 6) is 1.66. The summed E-state index contributed by atoms with van der Waals surface area (Å²) in [6.07, 6.45) is 8.37. The Morgan fingerprint density at radius 1 is 0.897 bits per heavy atom. The van der Waals surface area contributed by atoms with Crippen molar-refractivity contribution in [2.75, 3.05) is 14.1 Å². The molecule has 11 atom stereocenters. The van der Waals surface area contributed by atoms with Gasteiger partial charge in [0.2, 0.25) is 5.91 Å². The third-order valence-electron chi connectivity index (χ3n) is 11.9. The Hall–Kier alpha value is -1.89. The average Bonchev–Trinajstić information content (AvgIpc) is 3.21. The molecule has 7 nitrogen and oxygen atoms in total. The van der Waals surface area contributed by atoms with Gasteiger partial charge in [0.05, 0.1) is 0 Å². The van der Waals surface area contributed by atoms with Crippen molar-refractivity contribution in [3.05, 3.63) is 11.6 Å². The van der Waals surface area contributed by atoms with Gasteiger partial charge in [-0.2, -0.15) is 0 Å². The van der Waals surface area contributed by atoms with E-state index in [1.807, 2.05) is 6.92 Å². The minimum atomic E-state index is -0.569. The quantitative estimate of drug-likeness (QED) is 0.369. The molecule has 1 N–H and O–H groups in total. The smallest absolute Gasteiger partial charge is 0.302 e. The zero-order valence-electron chi connectivity index (χ0n) is 25.7. The van der Waals surface area contributed by atoms with Crippen LogP contribution in [0.1, 0.15) is 93.4 Å². The molecule has 0 aromatic rings. The first-order valence-electron chi connectivity index (χ1n) is 15.2. The molecule has 4 fully saturated rings. The van der Waals surface area contributed by atoms with Crippen LogP contribution in [0.4, 0.5) is 0 Å². The van der Waals surface area contributed by atoms with Crippen LogP contribution in [0.5, 0.6) is 0 Å². The second-order valence-electron chi connectivity index (χ2n) is 13.9. The van der Waals surface area contributed by atoms with E-state index in [0.29, 0.717) is 47.1 Å². The van der Waals surface area contributed by atoms with Gasteiger partial charge in [0.1, 0.15) is 18.2 Å². The number of hydrogen-bond acceptors (Lipinski definition) is 6. The second kappa shape index (κ2) is 11.2. The molecule has 0 radical (unpaired) electrons. The Bertz CT molecular complexity index is 993. The molecule has 39 heavy (non-hydrogen) atoms. The Morgan fingerprint density at radius 3 is 2.10 bits per heavy atom. The van der Waals surface area contributed by atoms with Gasteiger partial charge in [-0.1, -0.05) is 19.9 Å². The first-order valence-corrected chi connectivity index (χ1v) is 15.2. The van der Waals surface area contributed by atoms with Crippen LogP contribution in [0, 0.1) is 40.4 Å². The lowest BCUT2D eigenvalue weighted by molar-refractivity contribution is -0.204. The Kier molecular flexibility index (Phi) is 8.62. The van der Waals surface area contributed by atoms with Crippen molar-refractivity contribution in [3.8, 4) is 0 Å². The number of ether oxygens (including phenoxy) is 2. The molecule has 220 valence electrons. The predicted molar refractivity (Wildman–Crippen MR) is 152 cm³/mol. The van der Waals surface area contributed by atoms with Crippen molar-refractivity contribution in [3.63, 3.8) is 0 Å². The van der Waals surface area contributed by atoms with Crippen LogP contribution >= 0.6 is 0 Å². The lowest BCUT2D eigenvalue weighted by atomic mass is 9.43. The molecule has 0 saturated heterocycles. The van der Waals surface area contributed by atoms with Gasteiger partial charge in [-0.15, -0.1) is 0 Å². The third-order valence-corrected chi connectivity index (χ3v) is 11.9. The maximum atomic E-state index is 13.0. The number of nitrogens with one attached hydrogen (secondary N) is 1. The Labute approximate surface area is 235 Å². The zero-order chi connectivity index (χ0) is 28.9. The number of amides is 1. The summed E-state index contributed by atoms with van der Waals surface area (Å²) in [6.45, 7) is 13.7. The van der Waals surface area contributed by atoms with Gasteiger partial charge in [0.15, 0.2) is 0 Å². The normalized spacial score (nSPS) is 42.6. The molecule has 0 aromatic carbocycles. The van der Waals surface area contributed by atoms with Gasteiger partial charge >= 0.3 is 11.9 Å². The van der Waals surface area contributed by atoms with Gasteiger partial charge in [0.25, 0.3) is 0 Å². The molecular formula is C32H52N2O5. The summed E-state index contributed by atoms with van der Waals surface area (Å²) >= 11 is 0. The van der Waals surface area contributed by atoms with E-state index in [-0.39, 0.29) is 29.2 Å². The van der Waals surface area contributed by atoms with E-state index in [0.717, 1.165) is 19.3 Å². The molecule has 1 amide bonds. The van der Waals surface area contributed by atoms with Gasteiger partial charge in [-0.05, 0) is 114 Å². The first-order chi connectivity index (χ1) is 18.2. The second-order valence-corrected chi connectivity index (χ2v) is 13.9. The number of fused-ring (bicyclic) bond motifs is 5. The maximum Gasteiger partial charge on any atom is 0.302 e. The summed E-state index contributed by atoms with van der Waals surface area (Å²) in [4.78, 5) is 40.1. The van der Waals surface area contributed by atoms with E-state index >= 15 is 0 Å². The van der Waals surface area contributed by atoms with Gasteiger partial charge in [-0.3, -0.25) is 14.4 Å². The van der Waals surface area contributed by atoms with Crippen molar-refractivity contribution < 1.29 is 23.9 Å². The molecule has 0 bridgehead atoms. The van der Waals surface area contributed by atoms with Crippen LogP contribution in [0.15, 0.2) is 11.6 Å². The highest BCUT2D eigenvalue weighted by molar-refractivity contribution is 5.93. The van der Waals surface area contributed by atoms with E-state index in [9.17, 15) is 14.4 Å². The van der Waals surface area contributed by atoms with E-state index in [1.54, 1.807) is 13.0 Å². The van der Waals surface area contributed by atoms with Crippen molar-refractivity contribution >= 4 is 17.8 Å². The van der Waals surface area contributed by atoms with Crippen molar-refractivity contribution in [2.45, 2.75) is 118 Å². The topological polar surface area (TPSA) is 84.9 Å². The highest BCUT2D eigenvalue weighted by Gasteiger charge is 2.64. The van der Waals surface area contributed by atoms with Crippen LogP contribution < -0.4 is 5.32 Å². The molecule has 4 rings (SSSR count). The predicted octanol–water partition coefficient (Wildman–Crippen LogP) is 5.13. The molecular weight excluding hydrogens is 492 g/mol. The summed E-state index contributed by atoms with van der Waals surface area (Å²) in [6, 6.07) is -0.00895. The van der Waals surface area contributed by atoms with Crippen LogP contribution in [0.3, 0.4) is 0 Å². The molecule has 4 saturated carbocycles. The average molecular weight is 545 g/mol. The molecule has 11 unspecified atom stereocenters. The number of esters is 2. The van der Waals surface area contributed by atoms with Crippen molar-refractivity contribution in [1.82, 2.24) is 10.2 Å².